The molecule has 0 unspecified atom stereocenters. The van der Waals surface area contributed by atoms with Crippen LogP contribution in [0.25, 0.3) is 0 Å². The van der Waals surface area contributed by atoms with Crippen LogP contribution in [0.5, 0.6) is 0 Å². The number of aryl methyl sites for hydroxylation is 1. The zero-order valence-electron chi connectivity index (χ0n) is 11.5. The van der Waals surface area contributed by atoms with Gasteiger partial charge in [0.15, 0.2) is 0 Å². The average Bonchev–Trinajstić information content (AvgIpc) is 3.12. The maximum Gasteiger partial charge on any atom is 0.0314 e. The lowest BCUT2D eigenvalue weighted by Crippen LogP contribution is -2.25. The van der Waals surface area contributed by atoms with Crippen LogP contribution in [-0.4, -0.2) is 13.1 Å². The molecule has 1 aliphatic rings. The van der Waals surface area contributed by atoms with Gasteiger partial charge in [0.1, 0.15) is 0 Å². The number of hydrogen-bond acceptors (Lipinski definition) is 2. The Labute approximate surface area is 111 Å². The highest BCUT2D eigenvalue weighted by Gasteiger charge is 2.40. The van der Waals surface area contributed by atoms with Crippen LogP contribution in [0.4, 0.5) is 5.69 Å². The molecule has 2 nitrogen and oxygen atoms in total. The lowest BCUT2D eigenvalue weighted by Gasteiger charge is -2.14. The molecule has 1 fully saturated rings. The minimum Gasteiger partial charge on any atom is -0.399 e. The van der Waals surface area contributed by atoms with Gasteiger partial charge in [-0.25, -0.2) is 0 Å². The predicted molar refractivity (Wildman–Crippen MR) is 78.6 cm³/mol. The van der Waals surface area contributed by atoms with Crippen molar-refractivity contribution in [3.05, 3.63) is 29.8 Å². The third kappa shape index (κ3) is 4.02. The Morgan fingerprint density at radius 3 is 2.56 bits per heavy atom. The van der Waals surface area contributed by atoms with E-state index in [9.17, 15) is 0 Å². The fourth-order valence-electron chi connectivity index (χ4n) is 2.68. The smallest absolute Gasteiger partial charge is 0.0314 e. The molecule has 0 spiro atoms. The monoisotopic (exact) mass is 246 g/mol. The molecular formula is C16H26N2. The van der Waals surface area contributed by atoms with Crippen molar-refractivity contribution in [2.45, 2.75) is 45.4 Å². The van der Waals surface area contributed by atoms with E-state index >= 15 is 0 Å². The zero-order valence-corrected chi connectivity index (χ0v) is 11.5. The summed E-state index contributed by atoms with van der Waals surface area (Å²) in [6.45, 7) is 4.65. The number of nitrogens with two attached hydrogens (primary N) is 1. The summed E-state index contributed by atoms with van der Waals surface area (Å²) in [5.74, 6) is 0. The van der Waals surface area contributed by atoms with E-state index in [0.29, 0.717) is 5.41 Å². The average molecular weight is 246 g/mol. The minimum atomic E-state index is 0.677. The predicted octanol–water partition coefficient (Wildman–Crippen LogP) is 3.37. The molecule has 1 aromatic rings. The molecule has 0 radical (unpaired) electrons. The molecule has 2 rings (SSSR count). The van der Waals surface area contributed by atoms with E-state index in [1.54, 1.807) is 0 Å². The van der Waals surface area contributed by atoms with Gasteiger partial charge in [0.2, 0.25) is 0 Å². The molecule has 0 heterocycles. The quantitative estimate of drug-likeness (QED) is 0.545. The van der Waals surface area contributed by atoms with Crippen molar-refractivity contribution in [2.75, 3.05) is 18.8 Å². The summed E-state index contributed by atoms with van der Waals surface area (Å²) >= 11 is 0. The van der Waals surface area contributed by atoms with Crippen LogP contribution in [0.1, 0.15) is 44.6 Å². The van der Waals surface area contributed by atoms with Crippen LogP contribution in [0.3, 0.4) is 0 Å². The fourth-order valence-corrected chi connectivity index (χ4v) is 2.68. The Morgan fingerprint density at radius 1 is 1.22 bits per heavy atom. The Hall–Kier alpha value is -1.02. The Kier molecular flexibility index (Phi) is 4.65. The van der Waals surface area contributed by atoms with Gasteiger partial charge >= 0.3 is 0 Å². The summed E-state index contributed by atoms with van der Waals surface area (Å²) in [4.78, 5) is 0. The van der Waals surface area contributed by atoms with Crippen LogP contribution in [0.2, 0.25) is 0 Å². The first-order valence-electron chi connectivity index (χ1n) is 7.29. The third-order valence-corrected chi connectivity index (χ3v) is 4.04. The van der Waals surface area contributed by atoms with E-state index in [0.717, 1.165) is 18.7 Å². The van der Waals surface area contributed by atoms with Crippen LogP contribution in [0, 0.1) is 5.41 Å². The number of nitrogens with one attached hydrogen (secondary N) is 1. The van der Waals surface area contributed by atoms with Crippen molar-refractivity contribution in [3.63, 3.8) is 0 Å². The lowest BCUT2D eigenvalue weighted by atomic mass is 10.0. The molecule has 1 saturated carbocycles. The van der Waals surface area contributed by atoms with Crippen molar-refractivity contribution < 1.29 is 0 Å². The van der Waals surface area contributed by atoms with E-state index in [-0.39, 0.29) is 0 Å². The molecule has 0 atom stereocenters. The third-order valence-electron chi connectivity index (χ3n) is 4.04. The van der Waals surface area contributed by atoms with Crippen LogP contribution in [-0.2, 0) is 6.42 Å². The van der Waals surface area contributed by atoms with Gasteiger partial charge in [-0.05, 0) is 61.8 Å². The van der Waals surface area contributed by atoms with Gasteiger partial charge in [-0.15, -0.1) is 0 Å². The number of rotatable bonds is 8. The molecule has 1 aliphatic carbocycles. The zero-order chi connectivity index (χ0) is 12.8. The normalized spacial score (nSPS) is 16.7. The molecule has 1 aromatic carbocycles. The van der Waals surface area contributed by atoms with E-state index in [2.05, 4.69) is 24.4 Å². The first-order valence-corrected chi connectivity index (χ1v) is 7.29. The minimum absolute atomic E-state index is 0.677. The topological polar surface area (TPSA) is 38.0 Å². The number of nitrogen functional groups attached to an aromatic ring is 1. The van der Waals surface area contributed by atoms with E-state index < -0.39 is 0 Å². The molecule has 0 aliphatic heterocycles. The Morgan fingerprint density at radius 2 is 1.94 bits per heavy atom. The highest BCUT2D eigenvalue weighted by Crippen LogP contribution is 2.48. The van der Waals surface area contributed by atoms with Crippen molar-refractivity contribution in [3.8, 4) is 0 Å². The Bertz CT molecular complexity index is 352. The number of benzene rings is 1. The van der Waals surface area contributed by atoms with E-state index in [4.69, 9.17) is 5.73 Å². The molecule has 100 valence electrons. The number of anilines is 1. The summed E-state index contributed by atoms with van der Waals surface area (Å²) < 4.78 is 0. The first kappa shape index (κ1) is 13.4. The SMILES string of the molecule is CCCC1(CNCCCc2ccc(N)cc2)CC1. The molecule has 0 aromatic heterocycles. The molecule has 2 heteroatoms. The van der Waals surface area contributed by atoms with E-state index in [1.807, 2.05) is 12.1 Å². The first-order chi connectivity index (χ1) is 8.74. The van der Waals surface area contributed by atoms with Crippen molar-refractivity contribution in [2.24, 2.45) is 5.41 Å². The second-order valence-electron chi connectivity index (χ2n) is 5.77. The summed E-state index contributed by atoms with van der Waals surface area (Å²) in [6.07, 6.45) is 7.96. The lowest BCUT2D eigenvalue weighted by molar-refractivity contribution is 0.420. The summed E-state index contributed by atoms with van der Waals surface area (Å²) in [6, 6.07) is 8.25. The second-order valence-corrected chi connectivity index (χ2v) is 5.77. The molecule has 0 saturated heterocycles. The van der Waals surface area contributed by atoms with Crippen molar-refractivity contribution in [1.82, 2.24) is 5.32 Å². The number of hydrogen-bond donors (Lipinski definition) is 2. The fraction of sp³-hybridized carbons (Fsp3) is 0.625. The van der Waals surface area contributed by atoms with Crippen LogP contribution >= 0.6 is 0 Å². The summed E-state index contributed by atoms with van der Waals surface area (Å²) in [5.41, 5.74) is 8.59. The molecule has 3 N–H and O–H groups in total. The second kappa shape index (κ2) is 6.24. The standard InChI is InChI=1S/C16H26N2/c1-2-9-16(10-11-16)13-18-12-3-4-14-5-7-15(17)8-6-14/h5-8,18H,2-4,9-13,17H2,1H3. The summed E-state index contributed by atoms with van der Waals surface area (Å²) in [5, 5.41) is 3.63. The molecule has 18 heavy (non-hydrogen) atoms. The highest BCUT2D eigenvalue weighted by molar-refractivity contribution is 5.39. The van der Waals surface area contributed by atoms with Gasteiger partial charge < -0.3 is 11.1 Å². The maximum atomic E-state index is 5.67. The van der Waals surface area contributed by atoms with Gasteiger partial charge in [-0.2, -0.15) is 0 Å². The Balaban J connectivity index is 1.57. The maximum absolute atomic E-state index is 5.67. The van der Waals surface area contributed by atoms with Gasteiger partial charge in [-0.1, -0.05) is 25.5 Å². The molecular weight excluding hydrogens is 220 g/mol. The van der Waals surface area contributed by atoms with Crippen LogP contribution < -0.4 is 11.1 Å². The van der Waals surface area contributed by atoms with Crippen LogP contribution in [0.15, 0.2) is 24.3 Å². The van der Waals surface area contributed by atoms with Gasteiger partial charge in [0, 0.05) is 12.2 Å². The summed E-state index contributed by atoms with van der Waals surface area (Å²) in [7, 11) is 0. The molecule has 0 amide bonds. The largest absolute Gasteiger partial charge is 0.399 e. The molecule has 0 bridgehead atoms. The van der Waals surface area contributed by atoms with Gasteiger partial charge in [-0.3, -0.25) is 0 Å². The van der Waals surface area contributed by atoms with Gasteiger partial charge in [0.25, 0.3) is 0 Å². The highest BCUT2D eigenvalue weighted by atomic mass is 14.9. The van der Waals surface area contributed by atoms with E-state index in [1.165, 1.54) is 44.2 Å². The van der Waals surface area contributed by atoms with Crippen molar-refractivity contribution >= 4 is 5.69 Å². The van der Waals surface area contributed by atoms with Crippen molar-refractivity contribution in [1.29, 1.82) is 0 Å². The van der Waals surface area contributed by atoms with Gasteiger partial charge in [0.05, 0.1) is 0 Å².